The van der Waals surface area contributed by atoms with E-state index in [1.54, 1.807) is 42.5 Å². The van der Waals surface area contributed by atoms with E-state index in [0.29, 0.717) is 35.1 Å². The second kappa shape index (κ2) is 9.48. The molecule has 27 heavy (non-hydrogen) atoms. The van der Waals surface area contributed by atoms with Gasteiger partial charge in [-0.2, -0.15) is 0 Å². The molecule has 6 heteroatoms. The van der Waals surface area contributed by atoms with E-state index in [-0.39, 0.29) is 6.10 Å². The topological polar surface area (TPSA) is 58.4 Å². The van der Waals surface area contributed by atoms with Crippen LogP contribution in [0.2, 0.25) is 0 Å². The second-order valence-electron chi connectivity index (χ2n) is 5.93. The summed E-state index contributed by atoms with van der Waals surface area (Å²) in [5.74, 6) is 1.05. The molecular formula is C21H23NO5. The van der Waals surface area contributed by atoms with Crippen LogP contribution in [-0.4, -0.2) is 25.8 Å². The molecule has 0 aliphatic carbocycles. The molecule has 6 nitrogen and oxygen atoms in total. The maximum atomic E-state index is 12.3. The minimum Gasteiger partial charge on any atom is -0.490 e. The number of ether oxygens (including phenoxy) is 4. The van der Waals surface area contributed by atoms with Gasteiger partial charge < -0.3 is 18.9 Å². The van der Waals surface area contributed by atoms with Gasteiger partial charge in [-0.15, -0.1) is 0 Å². The number of hydrogen-bond acceptors (Lipinski definition) is 5. The van der Waals surface area contributed by atoms with Gasteiger partial charge in [0.1, 0.15) is 5.75 Å². The van der Waals surface area contributed by atoms with E-state index in [1.165, 1.54) is 7.11 Å². The highest BCUT2D eigenvalue weighted by Crippen LogP contribution is 2.33. The van der Waals surface area contributed by atoms with Gasteiger partial charge in [-0.1, -0.05) is 18.2 Å². The van der Waals surface area contributed by atoms with Crippen molar-refractivity contribution in [3.8, 4) is 17.2 Å². The Hall–Kier alpha value is -3.20. The van der Waals surface area contributed by atoms with E-state index in [2.05, 4.69) is 4.85 Å². The molecule has 0 aliphatic rings. The van der Waals surface area contributed by atoms with Crippen LogP contribution in [-0.2, 0) is 9.53 Å². The zero-order valence-electron chi connectivity index (χ0n) is 15.9. The molecule has 0 aliphatic heterocycles. The zero-order chi connectivity index (χ0) is 19.8. The quantitative estimate of drug-likeness (QED) is 0.498. The molecule has 0 saturated heterocycles. The lowest BCUT2D eigenvalue weighted by molar-refractivity contribution is -0.149. The molecule has 0 aromatic heterocycles. The number of esters is 1. The Morgan fingerprint density at radius 1 is 1.07 bits per heavy atom. The van der Waals surface area contributed by atoms with Crippen molar-refractivity contribution in [2.24, 2.45) is 0 Å². The van der Waals surface area contributed by atoms with Crippen LogP contribution in [0.25, 0.3) is 4.85 Å². The molecule has 0 N–H and O–H groups in total. The largest absolute Gasteiger partial charge is 0.490 e. The maximum absolute atomic E-state index is 12.3. The number of benzene rings is 2. The van der Waals surface area contributed by atoms with Crippen molar-refractivity contribution < 1.29 is 23.7 Å². The van der Waals surface area contributed by atoms with Crippen LogP contribution in [0, 0.1) is 6.57 Å². The number of nitrogens with zero attached hydrogens (tertiary/aromatic N) is 1. The number of carbonyl (C=O) groups excluding carboxylic acids is 1. The van der Waals surface area contributed by atoms with Crippen LogP contribution in [0.4, 0.5) is 5.69 Å². The molecule has 0 bridgehead atoms. The van der Waals surface area contributed by atoms with E-state index < -0.39 is 12.1 Å². The van der Waals surface area contributed by atoms with Crippen LogP contribution in [0.15, 0.2) is 42.5 Å². The Morgan fingerprint density at radius 2 is 1.78 bits per heavy atom. The van der Waals surface area contributed by atoms with Crippen LogP contribution in [0.3, 0.4) is 0 Å². The fourth-order valence-corrected chi connectivity index (χ4v) is 2.40. The van der Waals surface area contributed by atoms with E-state index in [1.807, 2.05) is 20.8 Å². The van der Waals surface area contributed by atoms with E-state index in [4.69, 9.17) is 25.5 Å². The molecule has 142 valence electrons. The molecule has 0 radical (unpaired) electrons. The minimum atomic E-state index is -0.971. The van der Waals surface area contributed by atoms with Gasteiger partial charge in [-0.3, -0.25) is 0 Å². The van der Waals surface area contributed by atoms with Crippen molar-refractivity contribution in [1.29, 1.82) is 0 Å². The summed E-state index contributed by atoms with van der Waals surface area (Å²) >= 11 is 0. The molecule has 0 spiro atoms. The van der Waals surface area contributed by atoms with Crippen LogP contribution in [0.1, 0.15) is 32.4 Å². The first-order chi connectivity index (χ1) is 13.0. The highest BCUT2D eigenvalue weighted by atomic mass is 16.6. The van der Waals surface area contributed by atoms with Crippen LogP contribution in [0.5, 0.6) is 17.2 Å². The maximum Gasteiger partial charge on any atom is 0.351 e. The standard InChI is InChI=1S/C21H23NO5/c1-6-25-19-13-15(7-12-18(19)26-14(2)3)20(21(23)24-5)27-17-10-8-16(22-4)9-11-17/h7-14,20H,6H2,1-3,5H3. The van der Waals surface area contributed by atoms with Crippen molar-refractivity contribution in [2.75, 3.05) is 13.7 Å². The molecular weight excluding hydrogens is 346 g/mol. The predicted molar refractivity (Wildman–Crippen MR) is 101 cm³/mol. The lowest BCUT2D eigenvalue weighted by Gasteiger charge is -2.20. The number of rotatable bonds is 8. The van der Waals surface area contributed by atoms with Crippen LogP contribution >= 0.6 is 0 Å². The average molecular weight is 369 g/mol. The summed E-state index contributed by atoms with van der Waals surface area (Å²) in [6, 6.07) is 11.8. The Kier molecular flexibility index (Phi) is 7.07. The van der Waals surface area contributed by atoms with Crippen molar-refractivity contribution in [3.05, 3.63) is 59.4 Å². The van der Waals surface area contributed by atoms with Crippen molar-refractivity contribution in [3.63, 3.8) is 0 Å². The molecule has 2 aromatic carbocycles. The minimum absolute atomic E-state index is 0.0105. The van der Waals surface area contributed by atoms with Crippen molar-refractivity contribution in [2.45, 2.75) is 33.0 Å². The first kappa shape index (κ1) is 20.1. The molecule has 0 amide bonds. The molecule has 0 saturated carbocycles. The third-order valence-electron chi connectivity index (χ3n) is 3.57. The summed E-state index contributed by atoms with van der Waals surface area (Å²) in [6.45, 7) is 13.2. The normalized spacial score (nSPS) is 11.4. The first-order valence-corrected chi connectivity index (χ1v) is 8.63. The molecule has 0 fully saturated rings. The Bertz CT molecular complexity index is 808. The third-order valence-corrected chi connectivity index (χ3v) is 3.57. The molecule has 1 unspecified atom stereocenters. The number of carbonyl (C=O) groups is 1. The van der Waals surface area contributed by atoms with Gasteiger partial charge in [0.05, 0.1) is 26.4 Å². The average Bonchev–Trinajstić information content (AvgIpc) is 2.67. The van der Waals surface area contributed by atoms with Gasteiger partial charge in [-0.25, -0.2) is 9.64 Å². The lowest BCUT2D eigenvalue weighted by atomic mass is 10.1. The molecule has 1 atom stereocenters. The van der Waals surface area contributed by atoms with Gasteiger partial charge in [0, 0.05) is 5.56 Å². The fourth-order valence-electron chi connectivity index (χ4n) is 2.40. The predicted octanol–water partition coefficient (Wildman–Crippen LogP) is 4.72. The van der Waals surface area contributed by atoms with E-state index in [9.17, 15) is 4.79 Å². The van der Waals surface area contributed by atoms with Gasteiger partial charge in [0.15, 0.2) is 17.2 Å². The zero-order valence-corrected chi connectivity index (χ0v) is 15.9. The molecule has 0 heterocycles. The smallest absolute Gasteiger partial charge is 0.351 e. The number of methoxy groups -OCH3 is 1. The lowest BCUT2D eigenvalue weighted by Crippen LogP contribution is -2.20. The van der Waals surface area contributed by atoms with Crippen LogP contribution < -0.4 is 14.2 Å². The van der Waals surface area contributed by atoms with Gasteiger partial charge in [-0.05, 0) is 45.0 Å². The molecule has 2 aromatic rings. The summed E-state index contributed by atoms with van der Waals surface area (Å²) in [7, 11) is 1.31. The third kappa shape index (κ3) is 5.38. The summed E-state index contributed by atoms with van der Waals surface area (Å²) in [5.41, 5.74) is 1.07. The Labute approximate surface area is 159 Å². The first-order valence-electron chi connectivity index (χ1n) is 8.63. The highest BCUT2D eigenvalue weighted by molar-refractivity contribution is 5.77. The van der Waals surface area contributed by atoms with E-state index in [0.717, 1.165) is 0 Å². The number of hydrogen-bond donors (Lipinski definition) is 0. The van der Waals surface area contributed by atoms with Gasteiger partial charge in [0.25, 0.3) is 0 Å². The van der Waals surface area contributed by atoms with Crippen molar-refractivity contribution in [1.82, 2.24) is 0 Å². The second-order valence-corrected chi connectivity index (χ2v) is 5.93. The molecule has 2 rings (SSSR count). The van der Waals surface area contributed by atoms with Gasteiger partial charge in [0.2, 0.25) is 6.10 Å². The monoisotopic (exact) mass is 369 g/mol. The Morgan fingerprint density at radius 3 is 2.33 bits per heavy atom. The Balaban J connectivity index is 2.35. The van der Waals surface area contributed by atoms with E-state index >= 15 is 0 Å². The van der Waals surface area contributed by atoms with Gasteiger partial charge >= 0.3 is 5.97 Å². The van der Waals surface area contributed by atoms with Crippen molar-refractivity contribution >= 4 is 11.7 Å². The summed E-state index contributed by atoms with van der Waals surface area (Å²) in [4.78, 5) is 15.6. The summed E-state index contributed by atoms with van der Waals surface area (Å²) in [6.07, 6.45) is -0.982. The SMILES string of the molecule is [C-]#[N+]c1ccc(OC(C(=O)OC)c2ccc(OC(C)C)c(OCC)c2)cc1. The highest BCUT2D eigenvalue weighted by Gasteiger charge is 2.25. The fraction of sp³-hybridized carbons (Fsp3) is 0.333. The summed E-state index contributed by atoms with van der Waals surface area (Å²) in [5, 5.41) is 0. The summed E-state index contributed by atoms with van der Waals surface area (Å²) < 4.78 is 22.1.